The van der Waals surface area contributed by atoms with Gasteiger partial charge in [-0.3, -0.25) is 0 Å². The summed E-state index contributed by atoms with van der Waals surface area (Å²) >= 11 is 0. The molecule has 17 heavy (non-hydrogen) atoms. The van der Waals surface area contributed by atoms with Crippen molar-refractivity contribution in [3.05, 3.63) is 59.9 Å². The van der Waals surface area contributed by atoms with E-state index in [1.54, 1.807) is 18.2 Å². The zero-order chi connectivity index (χ0) is 12.1. The number of ether oxygens (including phenoxy) is 1. The molecule has 0 aliphatic heterocycles. The second-order valence-corrected chi connectivity index (χ2v) is 3.65. The van der Waals surface area contributed by atoms with Crippen LogP contribution in [0.3, 0.4) is 0 Å². The van der Waals surface area contributed by atoms with E-state index in [1.807, 2.05) is 31.3 Å². The van der Waals surface area contributed by atoms with Crippen molar-refractivity contribution in [1.29, 1.82) is 0 Å². The van der Waals surface area contributed by atoms with Crippen LogP contribution in [-0.2, 0) is 6.61 Å². The first-order valence-electron chi connectivity index (χ1n) is 5.43. The van der Waals surface area contributed by atoms with Crippen LogP contribution in [0.4, 0.5) is 10.1 Å². The Bertz CT molecular complexity index is 482. The predicted octanol–water partition coefficient (Wildman–Crippen LogP) is 3.45. The van der Waals surface area contributed by atoms with Gasteiger partial charge in [0.25, 0.3) is 0 Å². The molecular weight excluding hydrogens is 217 g/mol. The van der Waals surface area contributed by atoms with Crippen LogP contribution in [0.25, 0.3) is 0 Å². The molecule has 0 radical (unpaired) electrons. The molecule has 0 aliphatic carbocycles. The normalized spacial score (nSPS) is 10.0. The molecule has 2 rings (SSSR count). The molecule has 0 heterocycles. The van der Waals surface area contributed by atoms with Crippen molar-refractivity contribution in [2.75, 3.05) is 12.4 Å². The molecule has 0 aromatic heterocycles. The van der Waals surface area contributed by atoms with Gasteiger partial charge >= 0.3 is 0 Å². The van der Waals surface area contributed by atoms with E-state index >= 15 is 0 Å². The Balaban J connectivity index is 2.00. The van der Waals surface area contributed by atoms with Gasteiger partial charge in [-0.15, -0.1) is 0 Å². The van der Waals surface area contributed by atoms with Gasteiger partial charge in [-0.25, -0.2) is 4.39 Å². The monoisotopic (exact) mass is 231 g/mol. The quantitative estimate of drug-likeness (QED) is 0.870. The van der Waals surface area contributed by atoms with E-state index in [9.17, 15) is 4.39 Å². The molecule has 0 atom stereocenters. The Hall–Kier alpha value is -2.03. The fourth-order valence-electron chi connectivity index (χ4n) is 1.49. The first-order chi connectivity index (χ1) is 8.29. The van der Waals surface area contributed by atoms with Crippen LogP contribution in [0.15, 0.2) is 48.5 Å². The highest BCUT2D eigenvalue weighted by Crippen LogP contribution is 2.17. The fraction of sp³-hybridized carbons (Fsp3) is 0.143. The number of nitrogens with one attached hydrogen (secondary N) is 1. The molecule has 0 saturated carbocycles. The number of benzene rings is 2. The summed E-state index contributed by atoms with van der Waals surface area (Å²) in [6.45, 7) is 0.242. The lowest BCUT2D eigenvalue weighted by atomic mass is 10.2. The molecule has 3 heteroatoms. The molecule has 2 nitrogen and oxygen atoms in total. The number of hydrogen-bond acceptors (Lipinski definition) is 2. The van der Waals surface area contributed by atoms with E-state index in [1.165, 1.54) is 6.07 Å². The Morgan fingerprint density at radius 1 is 1.06 bits per heavy atom. The Morgan fingerprint density at radius 2 is 1.76 bits per heavy atom. The van der Waals surface area contributed by atoms with E-state index in [2.05, 4.69) is 5.32 Å². The first-order valence-corrected chi connectivity index (χ1v) is 5.43. The maximum absolute atomic E-state index is 13.3. The summed E-state index contributed by atoms with van der Waals surface area (Å²) in [6, 6.07) is 14.2. The average Bonchev–Trinajstić information content (AvgIpc) is 2.38. The van der Waals surface area contributed by atoms with Crippen LogP contribution in [-0.4, -0.2) is 7.05 Å². The van der Waals surface area contributed by atoms with E-state index < -0.39 is 0 Å². The van der Waals surface area contributed by atoms with Crippen LogP contribution < -0.4 is 10.1 Å². The van der Waals surface area contributed by atoms with E-state index in [4.69, 9.17) is 4.74 Å². The van der Waals surface area contributed by atoms with Crippen LogP contribution in [0.1, 0.15) is 5.56 Å². The lowest BCUT2D eigenvalue weighted by Crippen LogP contribution is -1.98. The summed E-state index contributed by atoms with van der Waals surface area (Å²) in [5.74, 6) is 0.492. The number of hydrogen-bond donors (Lipinski definition) is 1. The molecule has 2 aromatic carbocycles. The smallest absolute Gasteiger partial charge is 0.129 e. The van der Waals surface area contributed by atoms with Crippen molar-refractivity contribution in [3.8, 4) is 5.75 Å². The minimum Gasteiger partial charge on any atom is -0.489 e. The summed E-state index contributed by atoms with van der Waals surface area (Å²) in [4.78, 5) is 0. The molecular formula is C14H14FNO. The molecule has 88 valence electrons. The highest BCUT2D eigenvalue weighted by molar-refractivity contribution is 5.45. The fourth-order valence-corrected chi connectivity index (χ4v) is 1.49. The van der Waals surface area contributed by atoms with Crippen molar-refractivity contribution in [2.24, 2.45) is 0 Å². The minimum absolute atomic E-state index is 0.237. The summed E-state index contributed by atoms with van der Waals surface area (Å²) in [5.41, 5.74) is 1.58. The van der Waals surface area contributed by atoms with Gasteiger partial charge in [-0.1, -0.05) is 18.2 Å². The number of anilines is 1. The van der Waals surface area contributed by atoms with Gasteiger partial charge in [0, 0.05) is 18.3 Å². The van der Waals surface area contributed by atoms with Crippen molar-refractivity contribution >= 4 is 5.69 Å². The maximum atomic E-state index is 13.3. The lowest BCUT2D eigenvalue weighted by Gasteiger charge is -2.07. The second kappa shape index (κ2) is 5.34. The number of rotatable bonds is 4. The zero-order valence-corrected chi connectivity index (χ0v) is 9.61. The summed E-state index contributed by atoms with van der Waals surface area (Å²) in [7, 11) is 1.86. The number of halogens is 1. The maximum Gasteiger partial charge on any atom is 0.129 e. The van der Waals surface area contributed by atoms with Crippen LogP contribution in [0, 0.1) is 5.82 Å². The lowest BCUT2D eigenvalue weighted by molar-refractivity contribution is 0.300. The Morgan fingerprint density at radius 3 is 2.41 bits per heavy atom. The third-order valence-electron chi connectivity index (χ3n) is 2.50. The van der Waals surface area contributed by atoms with Crippen molar-refractivity contribution in [2.45, 2.75) is 6.61 Å². The minimum atomic E-state index is -0.237. The van der Waals surface area contributed by atoms with Gasteiger partial charge in [0.2, 0.25) is 0 Å². The third kappa shape index (κ3) is 2.97. The highest BCUT2D eigenvalue weighted by atomic mass is 19.1. The van der Waals surface area contributed by atoms with Crippen LogP contribution >= 0.6 is 0 Å². The van der Waals surface area contributed by atoms with Crippen molar-refractivity contribution in [1.82, 2.24) is 0 Å². The van der Waals surface area contributed by atoms with Gasteiger partial charge < -0.3 is 10.1 Å². The molecule has 0 bridgehead atoms. The van der Waals surface area contributed by atoms with Crippen LogP contribution in [0.2, 0.25) is 0 Å². The topological polar surface area (TPSA) is 21.3 Å². The Labute approximate surface area is 100 Å². The predicted molar refractivity (Wildman–Crippen MR) is 66.7 cm³/mol. The van der Waals surface area contributed by atoms with Crippen molar-refractivity contribution < 1.29 is 9.13 Å². The van der Waals surface area contributed by atoms with Gasteiger partial charge in [0.15, 0.2) is 0 Å². The van der Waals surface area contributed by atoms with Gasteiger partial charge in [-0.2, -0.15) is 0 Å². The van der Waals surface area contributed by atoms with Gasteiger partial charge in [0.05, 0.1) is 0 Å². The molecule has 1 N–H and O–H groups in total. The van der Waals surface area contributed by atoms with Gasteiger partial charge in [-0.05, 0) is 30.3 Å². The van der Waals surface area contributed by atoms with E-state index in [-0.39, 0.29) is 12.4 Å². The standard InChI is InChI=1S/C14H14FNO/c1-16-12-6-8-13(9-7-12)17-10-11-4-2-3-5-14(11)15/h2-9,16H,10H2,1H3. The van der Waals surface area contributed by atoms with Crippen LogP contribution in [0.5, 0.6) is 5.75 Å². The molecule has 0 saturated heterocycles. The molecule has 0 aliphatic rings. The van der Waals surface area contributed by atoms with E-state index in [0.717, 1.165) is 11.4 Å². The molecule has 0 fully saturated rings. The average molecular weight is 231 g/mol. The summed E-state index contributed by atoms with van der Waals surface area (Å²) in [6.07, 6.45) is 0. The molecule has 0 amide bonds. The third-order valence-corrected chi connectivity index (χ3v) is 2.50. The summed E-state index contributed by atoms with van der Waals surface area (Å²) in [5, 5.41) is 3.02. The second-order valence-electron chi connectivity index (χ2n) is 3.65. The van der Waals surface area contributed by atoms with Crippen molar-refractivity contribution in [3.63, 3.8) is 0 Å². The largest absolute Gasteiger partial charge is 0.489 e. The van der Waals surface area contributed by atoms with Gasteiger partial charge in [0.1, 0.15) is 18.2 Å². The molecule has 2 aromatic rings. The molecule has 0 spiro atoms. The SMILES string of the molecule is CNc1ccc(OCc2ccccc2F)cc1. The zero-order valence-electron chi connectivity index (χ0n) is 9.61. The Kier molecular flexibility index (Phi) is 3.60. The highest BCUT2D eigenvalue weighted by Gasteiger charge is 2.01. The molecule has 0 unspecified atom stereocenters. The summed E-state index contributed by atoms with van der Waals surface area (Å²) < 4.78 is 18.8. The van der Waals surface area contributed by atoms with E-state index in [0.29, 0.717) is 5.56 Å². The first kappa shape index (κ1) is 11.5.